The van der Waals surface area contributed by atoms with Crippen LogP contribution in [0, 0.1) is 0 Å². The Bertz CT molecular complexity index is 358. The van der Waals surface area contributed by atoms with E-state index in [0.717, 1.165) is 25.1 Å². The molecule has 4 heteroatoms. The van der Waals surface area contributed by atoms with Crippen molar-refractivity contribution in [3.8, 4) is 0 Å². The number of ether oxygens (including phenoxy) is 1. The molecule has 1 aromatic carbocycles. The van der Waals surface area contributed by atoms with Crippen molar-refractivity contribution in [2.75, 3.05) is 20.2 Å². The predicted octanol–water partition coefficient (Wildman–Crippen LogP) is 2.52. The smallest absolute Gasteiger partial charge is 0.0966 e. The van der Waals surface area contributed by atoms with E-state index >= 15 is 0 Å². The first-order chi connectivity index (χ1) is 7.15. The van der Waals surface area contributed by atoms with E-state index in [1.807, 2.05) is 12.1 Å². The number of methoxy groups -OCH3 is 1. The van der Waals surface area contributed by atoms with Gasteiger partial charge in [0.25, 0.3) is 0 Å². The predicted molar refractivity (Wildman–Crippen MR) is 62.8 cm³/mol. The average molecular weight is 246 g/mol. The molecule has 1 aliphatic rings. The van der Waals surface area contributed by atoms with E-state index in [1.165, 1.54) is 0 Å². The highest BCUT2D eigenvalue weighted by Gasteiger charge is 2.37. The number of halogens is 2. The van der Waals surface area contributed by atoms with E-state index in [2.05, 4.69) is 5.32 Å². The minimum atomic E-state index is -0.0858. The first kappa shape index (κ1) is 11.2. The van der Waals surface area contributed by atoms with E-state index < -0.39 is 0 Å². The van der Waals surface area contributed by atoms with Gasteiger partial charge in [-0.3, -0.25) is 0 Å². The quantitative estimate of drug-likeness (QED) is 0.884. The van der Waals surface area contributed by atoms with Crippen LogP contribution in [0.2, 0.25) is 10.0 Å². The Morgan fingerprint density at radius 1 is 1.40 bits per heavy atom. The van der Waals surface area contributed by atoms with Gasteiger partial charge in [-0.1, -0.05) is 29.3 Å². The zero-order valence-electron chi connectivity index (χ0n) is 8.52. The summed E-state index contributed by atoms with van der Waals surface area (Å²) in [5.41, 5.74) is 1.00. The number of rotatable bonds is 3. The first-order valence-electron chi connectivity index (χ1n) is 4.85. The lowest BCUT2D eigenvalue weighted by molar-refractivity contribution is -0.0502. The van der Waals surface area contributed by atoms with Gasteiger partial charge in [-0.15, -0.1) is 0 Å². The summed E-state index contributed by atoms with van der Waals surface area (Å²) in [6, 6.07) is 5.59. The molecule has 1 heterocycles. The van der Waals surface area contributed by atoms with Crippen molar-refractivity contribution < 1.29 is 4.74 Å². The minimum absolute atomic E-state index is 0.0858. The summed E-state index contributed by atoms with van der Waals surface area (Å²) in [5, 5.41) is 4.59. The van der Waals surface area contributed by atoms with Crippen LogP contribution in [0.4, 0.5) is 0 Å². The van der Waals surface area contributed by atoms with Crippen LogP contribution < -0.4 is 5.32 Å². The third kappa shape index (κ3) is 2.28. The highest BCUT2D eigenvalue weighted by atomic mass is 35.5. The third-order valence-electron chi connectivity index (χ3n) is 2.86. The molecule has 2 rings (SSSR count). The average Bonchev–Trinajstić information content (AvgIpc) is 2.14. The lowest BCUT2D eigenvalue weighted by Gasteiger charge is -2.41. The van der Waals surface area contributed by atoms with E-state index in [4.69, 9.17) is 27.9 Å². The van der Waals surface area contributed by atoms with Crippen LogP contribution in [-0.2, 0) is 11.2 Å². The van der Waals surface area contributed by atoms with Gasteiger partial charge >= 0.3 is 0 Å². The van der Waals surface area contributed by atoms with E-state index in [-0.39, 0.29) is 5.60 Å². The number of nitrogens with one attached hydrogen (secondary N) is 1. The molecule has 0 saturated carbocycles. The number of hydrogen-bond acceptors (Lipinski definition) is 2. The molecule has 0 aromatic heterocycles. The molecule has 15 heavy (non-hydrogen) atoms. The van der Waals surface area contributed by atoms with Crippen molar-refractivity contribution in [2.24, 2.45) is 0 Å². The zero-order valence-corrected chi connectivity index (χ0v) is 10.0. The summed E-state index contributed by atoms with van der Waals surface area (Å²) in [6.07, 6.45) is 0.826. The summed E-state index contributed by atoms with van der Waals surface area (Å²) in [5.74, 6) is 0. The van der Waals surface area contributed by atoms with Crippen molar-refractivity contribution >= 4 is 23.2 Å². The molecule has 1 aliphatic heterocycles. The maximum Gasteiger partial charge on any atom is 0.0966 e. The molecular weight excluding hydrogens is 233 g/mol. The molecule has 0 unspecified atom stereocenters. The lowest BCUT2D eigenvalue weighted by atomic mass is 9.89. The molecule has 0 bridgehead atoms. The molecular formula is C11H13Cl2NO. The molecule has 0 radical (unpaired) electrons. The summed E-state index contributed by atoms with van der Waals surface area (Å²) in [7, 11) is 1.74. The second kappa shape index (κ2) is 4.30. The second-order valence-electron chi connectivity index (χ2n) is 3.90. The Morgan fingerprint density at radius 2 is 2.13 bits per heavy atom. The Morgan fingerprint density at radius 3 is 2.60 bits per heavy atom. The second-order valence-corrected chi connectivity index (χ2v) is 4.75. The SMILES string of the molecule is COC1(Cc2ccc(Cl)cc2Cl)CNC1. The maximum absolute atomic E-state index is 6.11. The van der Waals surface area contributed by atoms with Gasteiger partial charge in [0.05, 0.1) is 5.60 Å². The third-order valence-corrected chi connectivity index (χ3v) is 3.44. The van der Waals surface area contributed by atoms with Gasteiger partial charge in [0.1, 0.15) is 0 Å². The molecule has 82 valence electrons. The van der Waals surface area contributed by atoms with Crippen LogP contribution in [-0.4, -0.2) is 25.8 Å². The number of benzene rings is 1. The first-order valence-corrected chi connectivity index (χ1v) is 5.61. The highest BCUT2D eigenvalue weighted by molar-refractivity contribution is 6.35. The Labute approximate surface area is 99.5 Å². The van der Waals surface area contributed by atoms with Crippen LogP contribution in [0.15, 0.2) is 18.2 Å². The van der Waals surface area contributed by atoms with E-state index in [9.17, 15) is 0 Å². The monoisotopic (exact) mass is 245 g/mol. The molecule has 0 amide bonds. The van der Waals surface area contributed by atoms with E-state index in [1.54, 1.807) is 13.2 Å². The van der Waals surface area contributed by atoms with Gasteiger partial charge in [-0.05, 0) is 17.7 Å². The van der Waals surface area contributed by atoms with Crippen LogP contribution in [0.5, 0.6) is 0 Å². The normalized spacial score (nSPS) is 18.6. The summed E-state index contributed by atoms with van der Waals surface area (Å²) in [4.78, 5) is 0. The van der Waals surface area contributed by atoms with Gasteiger partial charge in [0, 0.05) is 36.7 Å². The molecule has 1 N–H and O–H groups in total. The van der Waals surface area contributed by atoms with Crippen molar-refractivity contribution in [3.05, 3.63) is 33.8 Å². The van der Waals surface area contributed by atoms with Gasteiger partial charge in [-0.2, -0.15) is 0 Å². The molecule has 1 fully saturated rings. The molecule has 2 nitrogen and oxygen atoms in total. The van der Waals surface area contributed by atoms with E-state index in [0.29, 0.717) is 10.0 Å². The topological polar surface area (TPSA) is 21.3 Å². The fourth-order valence-electron chi connectivity index (χ4n) is 1.76. The van der Waals surface area contributed by atoms with Gasteiger partial charge in [0.2, 0.25) is 0 Å². The Balaban J connectivity index is 2.16. The fourth-order valence-corrected chi connectivity index (χ4v) is 2.23. The van der Waals surface area contributed by atoms with Gasteiger partial charge in [-0.25, -0.2) is 0 Å². The van der Waals surface area contributed by atoms with Gasteiger partial charge < -0.3 is 10.1 Å². The van der Waals surface area contributed by atoms with Crippen molar-refractivity contribution in [1.82, 2.24) is 5.32 Å². The van der Waals surface area contributed by atoms with Crippen molar-refractivity contribution in [3.63, 3.8) is 0 Å². The lowest BCUT2D eigenvalue weighted by Crippen LogP contribution is -2.61. The fraction of sp³-hybridized carbons (Fsp3) is 0.455. The highest BCUT2D eigenvalue weighted by Crippen LogP contribution is 2.28. The van der Waals surface area contributed by atoms with Crippen LogP contribution in [0.25, 0.3) is 0 Å². The summed E-state index contributed by atoms with van der Waals surface area (Å²) < 4.78 is 5.51. The summed E-state index contributed by atoms with van der Waals surface area (Å²) >= 11 is 12.0. The molecule has 1 saturated heterocycles. The number of hydrogen-bond donors (Lipinski definition) is 1. The standard InChI is InChI=1S/C11H13Cl2NO/c1-15-11(6-14-7-11)5-8-2-3-9(12)4-10(8)13/h2-4,14H,5-7H2,1H3. The van der Waals surface area contributed by atoms with Gasteiger partial charge in [0.15, 0.2) is 0 Å². The van der Waals surface area contributed by atoms with Crippen LogP contribution >= 0.6 is 23.2 Å². The Kier molecular flexibility index (Phi) is 3.21. The molecule has 1 aromatic rings. The zero-order chi connectivity index (χ0) is 10.9. The van der Waals surface area contributed by atoms with Crippen LogP contribution in [0.1, 0.15) is 5.56 Å². The van der Waals surface area contributed by atoms with Crippen LogP contribution in [0.3, 0.4) is 0 Å². The molecule has 0 atom stereocenters. The Hall–Kier alpha value is -0.280. The van der Waals surface area contributed by atoms with Crippen molar-refractivity contribution in [1.29, 1.82) is 0 Å². The molecule has 0 aliphatic carbocycles. The molecule has 0 spiro atoms. The largest absolute Gasteiger partial charge is 0.375 e. The minimum Gasteiger partial charge on any atom is -0.375 e. The maximum atomic E-state index is 6.11. The van der Waals surface area contributed by atoms with Crippen molar-refractivity contribution in [2.45, 2.75) is 12.0 Å². The summed E-state index contributed by atoms with van der Waals surface area (Å²) in [6.45, 7) is 1.75.